The van der Waals surface area contributed by atoms with Crippen molar-refractivity contribution in [1.29, 1.82) is 0 Å². The number of hydrogen-bond acceptors (Lipinski definition) is 4. The lowest BCUT2D eigenvalue weighted by Gasteiger charge is -2.06. The zero-order valence-corrected chi connectivity index (χ0v) is 14.2. The molecule has 0 unspecified atom stereocenters. The highest BCUT2D eigenvalue weighted by Gasteiger charge is 2.21. The summed E-state index contributed by atoms with van der Waals surface area (Å²) in [6, 6.07) is 5.83. The van der Waals surface area contributed by atoms with Gasteiger partial charge in [0.15, 0.2) is 5.82 Å². The molecule has 2 heterocycles. The summed E-state index contributed by atoms with van der Waals surface area (Å²) < 4.78 is 27.0. The monoisotopic (exact) mass is 357 g/mol. The van der Waals surface area contributed by atoms with Gasteiger partial charge in [-0.1, -0.05) is 12.1 Å². The quantitative estimate of drug-likeness (QED) is 0.669. The highest BCUT2D eigenvalue weighted by atomic mass is 19.1. The third-order valence-corrected chi connectivity index (χ3v) is 4.03. The molecule has 2 aromatic heterocycles. The Balaban J connectivity index is 1.86. The van der Waals surface area contributed by atoms with Crippen LogP contribution in [0.15, 0.2) is 30.5 Å². The van der Waals surface area contributed by atoms with Crippen LogP contribution >= 0.6 is 0 Å². The zero-order chi connectivity index (χ0) is 18.8. The van der Waals surface area contributed by atoms with Crippen molar-refractivity contribution in [3.63, 3.8) is 0 Å². The summed E-state index contributed by atoms with van der Waals surface area (Å²) >= 11 is 0. The number of carbonyl (C=O) groups excluding carboxylic acids is 1. The summed E-state index contributed by atoms with van der Waals surface area (Å²) in [5, 5.41) is 2.75. The van der Waals surface area contributed by atoms with Crippen molar-refractivity contribution in [2.75, 3.05) is 5.73 Å². The SMILES string of the molecule is Cc1[nH]c(C(=O)NCc2ccc(F)cc2)c(C)c1-c1nc(N)ncc1F. The first-order valence-electron chi connectivity index (χ1n) is 7.87. The minimum absolute atomic E-state index is 0.0429. The van der Waals surface area contributed by atoms with E-state index in [4.69, 9.17) is 5.73 Å². The molecule has 6 nitrogen and oxygen atoms in total. The van der Waals surface area contributed by atoms with E-state index in [-0.39, 0.29) is 29.9 Å². The van der Waals surface area contributed by atoms with Crippen molar-refractivity contribution in [1.82, 2.24) is 20.3 Å². The van der Waals surface area contributed by atoms with Crippen LogP contribution < -0.4 is 11.1 Å². The van der Waals surface area contributed by atoms with E-state index in [0.29, 0.717) is 22.5 Å². The largest absolute Gasteiger partial charge is 0.368 e. The molecule has 0 radical (unpaired) electrons. The molecule has 3 rings (SSSR count). The van der Waals surface area contributed by atoms with Gasteiger partial charge in [0.25, 0.3) is 5.91 Å². The Morgan fingerprint density at radius 3 is 2.62 bits per heavy atom. The van der Waals surface area contributed by atoms with Crippen molar-refractivity contribution in [3.05, 3.63) is 64.6 Å². The van der Waals surface area contributed by atoms with Crippen LogP contribution in [0.3, 0.4) is 0 Å². The predicted octanol–water partition coefficient (Wildman–Crippen LogP) is 2.88. The first-order chi connectivity index (χ1) is 12.4. The van der Waals surface area contributed by atoms with Gasteiger partial charge in [0.2, 0.25) is 5.95 Å². The Kier molecular flexibility index (Phi) is 4.66. The van der Waals surface area contributed by atoms with Crippen LogP contribution in [0.2, 0.25) is 0 Å². The second-order valence-electron chi connectivity index (χ2n) is 5.86. The Hall–Kier alpha value is -3.29. The Morgan fingerprint density at radius 2 is 1.92 bits per heavy atom. The minimum atomic E-state index is -0.623. The fourth-order valence-electron chi connectivity index (χ4n) is 2.76. The van der Waals surface area contributed by atoms with E-state index in [0.717, 1.165) is 11.8 Å². The topological polar surface area (TPSA) is 96.7 Å². The molecular weight excluding hydrogens is 340 g/mol. The number of aromatic nitrogens is 3. The fourth-order valence-corrected chi connectivity index (χ4v) is 2.76. The van der Waals surface area contributed by atoms with Gasteiger partial charge in [-0.15, -0.1) is 0 Å². The maximum atomic E-state index is 14.1. The van der Waals surface area contributed by atoms with Gasteiger partial charge in [-0.3, -0.25) is 4.79 Å². The number of nitrogens with zero attached hydrogens (tertiary/aromatic N) is 2. The van der Waals surface area contributed by atoms with Crippen LogP contribution in [-0.2, 0) is 6.54 Å². The molecule has 0 aliphatic rings. The molecular formula is C18H17F2N5O. The van der Waals surface area contributed by atoms with Gasteiger partial charge in [0, 0.05) is 17.8 Å². The number of hydrogen-bond donors (Lipinski definition) is 3. The van der Waals surface area contributed by atoms with E-state index in [1.165, 1.54) is 12.1 Å². The smallest absolute Gasteiger partial charge is 0.268 e. The number of carbonyl (C=O) groups is 1. The number of rotatable bonds is 4. The van der Waals surface area contributed by atoms with Crippen molar-refractivity contribution in [2.24, 2.45) is 0 Å². The van der Waals surface area contributed by atoms with Gasteiger partial charge in [0.05, 0.1) is 6.20 Å². The summed E-state index contributed by atoms with van der Waals surface area (Å²) in [4.78, 5) is 23.0. The van der Waals surface area contributed by atoms with Crippen molar-refractivity contribution >= 4 is 11.9 Å². The standard InChI is InChI=1S/C18H17F2N5O/c1-9-14(16-13(20)8-23-18(21)25-16)10(2)24-15(9)17(26)22-7-11-3-5-12(19)6-4-11/h3-6,8,24H,7H2,1-2H3,(H,22,26)(H2,21,23,25). The molecule has 0 saturated heterocycles. The predicted molar refractivity (Wildman–Crippen MR) is 93.2 cm³/mol. The molecule has 0 fully saturated rings. The zero-order valence-electron chi connectivity index (χ0n) is 14.2. The van der Waals surface area contributed by atoms with Gasteiger partial charge in [0.1, 0.15) is 17.2 Å². The van der Waals surface area contributed by atoms with E-state index in [9.17, 15) is 13.6 Å². The highest BCUT2D eigenvalue weighted by Crippen LogP contribution is 2.30. The van der Waals surface area contributed by atoms with Crippen molar-refractivity contribution in [3.8, 4) is 11.3 Å². The minimum Gasteiger partial charge on any atom is -0.368 e. The average molecular weight is 357 g/mol. The Morgan fingerprint density at radius 1 is 1.23 bits per heavy atom. The molecule has 0 aliphatic carbocycles. The normalized spacial score (nSPS) is 10.8. The highest BCUT2D eigenvalue weighted by molar-refractivity contribution is 5.96. The van der Waals surface area contributed by atoms with Gasteiger partial charge in [-0.2, -0.15) is 0 Å². The number of aromatic amines is 1. The molecule has 1 amide bonds. The number of nitrogens with two attached hydrogens (primary N) is 1. The number of aryl methyl sites for hydroxylation is 1. The summed E-state index contributed by atoms with van der Waals surface area (Å²) in [7, 11) is 0. The summed E-state index contributed by atoms with van der Waals surface area (Å²) in [5.74, 6) is -1.37. The number of nitrogens with one attached hydrogen (secondary N) is 2. The van der Waals surface area contributed by atoms with E-state index < -0.39 is 5.82 Å². The summed E-state index contributed by atoms with van der Waals surface area (Å²) in [6.45, 7) is 3.65. The van der Waals surface area contributed by atoms with Gasteiger partial charge in [-0.05, 0) is 37.1 Å². The van der Waals surface area contributed by atoms with Crippen LogP contribution in [0.25, 0.3) is 11.3 Å². The fraction of sp³-hybridized carbons (Fsp3) is 0.167. The molecule has 4 N–H and O–H groups in total. The average Bonchev–Trinajstić information content (AvgIpc) is 2.91. The molecule has 0 atom stereocenters. The molecule has 26 heavy (non-hydrogen) atoms. The second kappa shape index (κ2) is 6.91. The van der Waals surface area contributed by atoms with Crippen molar-refractivity contribution in [2.45, 2.75) is 20.4 Å². The van der Waals surface area contributed by atoms with Crippen LogP contribution in [0.5, 0.6) is 0 Å². The Bertz CT molecular complexity index is 966. The van der Waals surface area contributed by atoms with E-state index >= 15 is 0 Å². The summed E-state index contributed by atoms with van der Waals surface area (Å²) in [6.07, 6.45) is 0.998. The van der Waals surface area contributed by atoms with E-state index in [1.54, 1.807) is 26.0 Å². The Labute approximate surface area is 148 Å². The molecule has 8 heteroatoms. The van der Waals surface area contributed by atoms with E-state index in [1.807, 2.05) is 0 Å². The maximum Gasteiger partial charge on any atom is 0.268 e. The number of nitrogen functional groups attached to an aromatic ring is 1. The van der Waals surface area contributed by atoms with Crippen LogP contribution in [0.1, 0.15) is 27.3 Å². The molecule has 134 valence electrons. The molecule has 0 aliphatic heterocycles. The number of anilines is 1. The number of benzene rings is 1. The molecule has 0 spiro atoms. The summed E-state index contributed by atoms with van der Waals surface area (Å²) in [5.41, 5.74) is 8.27. The number of H-pyrrole nitrogens is 1. The third kappa shape index (κ3) is 3.39. The van der Waals surface area contributed by atoms with E-state index in [2.05, 4.69) is 20.3 Å². The van der Waals surface area contributed by atoms with Gasteiger partial charge < -0.3 is 16.0 Å². The van der Waals surface area contributed by atoms with Gasteiger partial charge >= 0.3 is 0 Å². The van der Waals surface area contributed by atoms with Crippen LogP contribution in [-0.4, -0.2) is 20.9 Å². The molecule has 3 aromatic rings. The number of amides is 1. The van der Waals surface area contributed by atoms with Crippen LogP contribution in [0.4, 0.5) is 14.7 Å². The lowest BCUT2D eigenvalue weighted by molar-refractivity contribution is 0.0946. The molecule has 0 bridgehead atoms. The van der Waals surface area contributed by atoms with Crippen molar-refractivity contribution < 1.29 is 13.6 Å². The lowest BCUT2D eigenvalue weighted by Crippen LogP contribution is -2.23. The number of halogens is 2. The van der Waals surface area contributed by atoms with Gasteiger partial charge in [-0.25, -0.2) is 18.7 Å². The molecule has 0 saturated carbocycles. The first-order valence-corrected chi connectivity index (χ1v) is 7.87. The molecule has 1 aromatic carbocycles. The second-order valence-corrected chi connectivity index (χ2v) is 5.86. The maximum absolute atomic E-state index is 14.1. The third-order valence-electron chi connectivity index (χ3n) is 4.03. The van der Waals surface area contributed by atoms with Crippen LogP contribution in [0, 0.1) is 25.5 Å². The first kappa shape index (κ1) is 17.5. The lowest BCUT2D eigenvalue weighted by atomic mass is 10.1.